The van der Waals surface area contributed by atoms with Crippen LogP contribution in [0, 0.1) is 0 Å². The second-order valence-electron chi connectivity index (χ2n) is 5.50. The van der Waals surface area contributed by atoms with E-state index in [1.54, 1.807) is 0 Å². The summed E-state index contributed by atoms with van der Waals surface area (Å²) in [6, 6.07) is 17.1. The van der Waals surface area contributed by atoms with Crippen LogP contribution in [0.5, 0.6) is 5.75 Å². The van der Waals surface area contributed by atoms with Crippen molar-refractivity contribution in [2.75, 3.05) is 6.61 Å². The third-order valence-corrected chi connectivity index (χ3v) is 6.23. The van der Waals surface area contributed by atoms with Gasteiger partial charge in [-0.1, -0.05) is 68.3 Å². The van der Waals surface area contributed by atoms with Crippen LogP contribution in [0.4, 0.5) is 0 Å². The number of alkyl halides is 1. The fraction of sp³-hybridized carbons (Fsp3) is 0.333. The Morgan fingerprint density at radius 1 is 1.14 bits per heavy atom. The monoisotopic (exact) mass is 408 g/mol. The molecule has 21 heavy (non-hydrogen) atoms. The van der Waals surface area contributed by atoms with Crippen LogP contribution >= 0.6 is 31.9 Å². The molecule has 1 fully saturated rings. The van der Waals surface area contributed by atoms with Crippen molar-refractivity contribution in [2.45, 2.75) is 30.0 Å². The van der Waals surface area contributed by atoms with Crippen molar-refractivity contribution >= 4 is 31.9 Å². The van der Waals surface area contributed by atoms with Gasteiger partial charge in [0.05, 0.1) is 11.4 Å². The molecule has 1 nitrogen and oxygen atoms in total. The zero-order valence-corrected chi connectivity index (χ0v) is 15.2. The van der Waals surface area contributed by atoms with Gasteiger partial charge in [0.2, 0.25) is 0 Å². The van der Waals surface area contributed by atoms with Crippen LogP contribution in [0.3, 0.4) is 0 Å². The van der Waals surface area contributed by atoms with E-state index in [1.165, 1.54) is 24.0 Å². The average Bonchev–Trinajstić information content (AvgIpc) is 3.30. The molecule has 2 aromatic rings. The van der Waals surface area contributed by atoms with Crippen molar-refractivity contribution in [3.8, 4) is 5.75 Å². The van der Waals surface area contributed by atoms with Crippen molar-refractivity contribution in [2.24, 2.45) is 0 Å². The molecule has 0 radical (unpaired) electrons. The largest absolute Gasteiger partial charge is 0.494 e. The summed E-state index contributed by atoms with van der Waals surface area (Å²) in [6.07, 6.45) is 2.46. The van der Waals surface area contributed by atoms with Gasteiger partial charge in [0.15, 0.2) is 0 Å². The summed E-state index contributed by atoms with van der Waals surface area (Å²) in [4.78, 5) is 0.317. The summed E-state index contributed by atoms with van der Waals surface area (Å²) in [5, 5.41) is 0. The summed E-state index contributed by atoms with van der Waals surface area (Å²) in [6.45, 7) is 2.70. The summed E-state index contributed by atoms with van der Waals surface area (Å²) in [5.41, 5.74) is 2.95. The number of hydrogen-bond donors (Lipinski definition) is 0. The molecule has 1 saturated carbocycles. The molecule has 1 aliphatic carbocycles. The van der Waals surface area contributed by atoms with Gasteiger partial charge in [-0.25, -0.2) is 0 Å². The highest BCUT2D eigenvalue weighted by atomic mass is 79.9. The minimum absolute atomic E-state index is 0.233. The first-order chi connectivity index (χ1) is 10.2. The van der Waals surface area contributed by atoms with Gasteiger partial charge in [-0.05, 0) is 43.0 Å². The quantitative estimate of drug-likeness (QED) is 0.549. The molecule has 110 valence electrons. The van der Waals surface area contributed by atoms with E-state index in [1.807, 2.05) is 6.92 Å². The van der Waals surface area contributed by atoms with Crippen LogP contribution in [0.15, 0.2) is 53.0 Å². The first-order valence-corrected chi connectivity index (χ1v) is 9.00. The minimum atomic E-state index is 0.233. The predicted molar refractivity (Wildman–Crippen MR) is 94.3 cm³/mol. The molecule has 1 atom stereocenters. The zero-order valence-electron chi connectivity index (χ0n) is 12.0. The molecule has 2 aromatic carbocycles. The van der Waals surface area contributed by atoms with E-state index < -0.39 is 0 Å². The highest BCUT2D eigenvalue weighted by Crippen LogP contribution is 2.60. The normalized spacial score (nSPS) is 17.3. The van der Waals surface area contributed by atoms with E-state index in [0.717, 1.165) is 10.2 Å². The van der Waals surface area contributed by atoms with E-state index in [2.05, 4.69) is 80.4 Å². The Hall–Kier alpha value is -0.800. The third-order valence-electron chi connectivity index (χ3n) is 4.18. The number of rotatable bonds is 5. The van der Waals surface area contributed by atoms with Crippen LogP contribution in [-0.2, 0) is 5.41 Å². The molecule has 1 unspecified atom stereocenters. The second kappa shape index (κ2) is 6.13. The van der Waals surface area contributed by atoms with Crippen LogP contribution in [-0.4, -0.2) is 6.61 Å². The van der Waals surface area contributed by atoms with E-state index in [-0.39, 0.29) is 5.41 Å². The molecular formula is C18H18Br2O. The smallest absolute Gasteiger partial charge is 0.120 e. The Bertz CT molecular complexity index is 620. The van der Waals surface area contributed by atoms with Crippen molar-refractivity contribution in [1.29, 1.82) is 0 Å². The Kier molecular flexibility index (Phi) is 4.41. The lowest BCUT2D eigenvalue weighted by Crippen LogP contribution is -2.14. The first-order valence-electron chi connectivity index (χ1n) is 7.29. The summed E-state index contributed by atoms with van der Waals surface area (Å²) in [5.74, 6) is 0.914. The SMILES string of the molecule is CCOc1ccc(C(Br)C2(c3ccccc3)CC2)c(Br)c1. The van der Waals surface area contributed by atoms with Crippen LogP contribution in [0.2, 0.25) is 0 Å². The maximum absolute atomic E-state index is 5.56. The van der Waals surface area contributed by atoms with Crippen LogP contribution < -0.4 is 4.74 Å². The van der Waals surface area contributed by atoms with Crippen molar-refractivity contribution in [1.82, 2.24) is 0 Å². The van der Waals surface area contributed by atoms with E-state index in [9.17, 15) is 0 Å². The van der Waals surface area contributed by atoms with Gasteiger partial charge in [0.25, 0.3) is 0 Å². The highest BCUT2D eigenvalue weighted by Gasteiger charge is 2.50. The molecule has 1 aliphatic rings. The Labute approximate surface area is 143 Å². The highest BCUT2D eigenvalue weighted by molar-refractivity contribution is 9.11. The number of benzene rings is 2. The standard InChI is InChI=1S/C18H18Br2O/c1-2-21-14-8-9-15(16(19)12-14)17(20)18(10-11-18)13-6-4-3-5-7-13/h3-9,12,17H,2,10-11H2,1H3. The van der Waals surface area contributed by atoms with Crippen LogP contribution in [0.1, 0.15) is 35.7 Å². The molecule has 0 heterocycles. The summed E-state index contributed by atoms with van der Waals surface area (Å²) >= 11 is 7.65. The van der Waals surface area contributed by atoms with Gasteiger partial charge in [-0.15, -0.1) is 0 Å². The molecule has 3 rings (SSSR count). The second-order valence-corrected chi connectivity index (χ2v) is 7.27. The third kappa shape index (κ3) is 2.91. The van der Waals surface area contributed by atoms with Crippen LogP contribution in [0.25, 0.3) is 0 Å². The lowest BCUT2D eigenvalue weighted by Gasteiger charge is -2.24. The fourth-order valence-corrected chi connectivity index (χ4v) is 4.88. The minimum Gasteiger partial charge on any atom is -0.494 e. The van der Waals surface area contributed by atoms with Crippen molar-refractivity contribution < 1.29 is 4.74 Å². The topological polar surface area (TPSA) is 9.23 Å². The molecule has 0 bridgehead atoms. The van der Waals surface area contributed by atoms with Gasteiger partial charge < -0.3 is 4.74 Å². The Morgan fingerprint density at radius 3 is 2.43 bits per heavy atom. The molecule has 0 amide bonds. The van der Waals surface area contributed by atoms with E-state index in [4.69, 9.17) is 4.74 Å². The number of ether oxygens (including phenoxy) is 1. The van der Waals surface area contributed by atoms with Gasteiger partial charge in [-0.2, -0.15) is 0 Å². The Morgan fingerprint density at radius 2 is 1.86 bits per heavy atom. The average molecular weight is 410 g/mol. The zero-order chi connectivity index (χ0) is 14.9. The molecule has 0 aliphatic heterocycles. The predicted octanol–water partition coefficient (Wildman–Crippen LogP) is 6.02. The molecule has 3 heteroatoms. The van der Waals surface area contributed by atoms with Gasteiger partial charge in [0, 0.05) is 9.89 Å². The molecule has 0 N–H and O–H groups in total. The Balaban J connectivity index is 1.90. The van der Waals surface area contributed by atoms with Crippen molar-refractivity contribution in [3.63, 3.8) is 0 Å². The summed E-state index contributed by atoms with van der Waals surface area (Å²) < 4.78 is 6.67. The van der Waals surface area contributed by atoms with E-state index in [0.29, 0.717) is 11.4 Å². The van der Waals surface area contributed by atoms with E-state index >= 15 is 0 Å². The maximum Gasteiger partial charge on any atom is 0.120 e. The van der Waals surface area contributed by atoms with Gasteiger partial charge in [0.1, 0.15) is 5.75 Å². The number of halogens is 2. The molecular weight excluding hydrogens is 392 g/mol. The molecule has 0 aromatic heterocycles. The van der Waals surface area contributed by atoms with Gasteiger partial charge >= 0.3 is 0 Å². The molecule has 0 saturated heterocycles. The lowest BCUT2D eigenvalue weighted by molar-refractivity contribution is 0.340. The first kappa shape index (κ1) is 15.1. The van der Waals surface area contributed by atoms with Crippen molar-refractivity contribution in [3.05, 3.63) is 64.1 Å². The molecule has 0 spiro atoms. The maximum atomic E-state index is 5.56. The summed E-state index contributed by atoms with van der Waals surface area (Å²) in [7, 11) is 0. The fourth-order valence-electron chi connectivity index (χ4n) is 2.86. The number of hydrogen-bond acceptors (Lipinski definition) is 1. The van der Waals surface area contributed by atoms with Gasteiger partial charge in [-0.3, -0.25) is 0 Å². The lowest BCUT2D eigenvalue weighted by atomic mass is 9.89.